The van der Waals surface area contributed by atoms with Crippen molar-refractivity contribution in [2.45, 2.75) is 20.4 Å². The van der Waals surface area contributed by atoms with Crippen molar-refractivity contribution < 1.29 is 23.9 Å². The maximum absolute atomic E-state index is 12.0. The fraction of sp³-hybridized carbons (Fsp3) is 0.350. The molecule has 2 rings (SSSR count). The maximum atomic E-state index is 12.0. The molecule has 0 unspecified atom stereocenters. The van der Waals surface area contributed by atoms with Crippen LogP contribution >= 0.6 is 11.3 Å². The summed E-state index contributed by atoms with van der Waals surface area (Å²) in [6.45, 7) is 4.32. The second kappa shape index (κ2) is 11.1. The molecule has 0 spiro atoms. The molecule has 8 nitrogen and oxygen atoms in total. The third-order valence-corrected chi connectivity index (χ3v) is 4.82. The number of aryl methyl sites for hydroxylation is 1. The number of hydrogen-bond donors (Lipinski definition) is 3. The molecule has 0 aliphatic heterocycles. The third-order valence-electron chi connectivity index (χ3n) is 3.82. The van der Waals surface area contributed by atoms with Crippen LogP contribution in [0.3, 0.4) is 0 Å². The number of carbonyl (C=O) groups excluding carboxylic acids is 3. The number of nitrogens with one attached hydrogen (secondary N) is 3. The highest BCUT2D eigenvalue weighted by atomic mass is 32.1. The Labute approximate surface area is 173 Å². The monoisotopic (exact) mass is 419 g/mol. The van der Waals surface area contributed by atoms with E-state index in [1.807, 2.05) is 19.9 Å². The number of thiophene rings is 1. The summed E-state index contributed by atoms with van der Waals surface area (Å²) in [6, 6.07) is 8.76. The third kappa shape index (κ3) is 7.11. The number of methoxy groups -OCH3 is 1. The van der Waals surface area contributed by atoms with E-state index in [1.165, 1.54) is 18.4 Å². The summed E-state index contributed by atoms with van der Waals surface area (Å²) in [5, 5.41) is 7.98. The Morgan fingerprint density at radius 1 is 1.00 bits per heavy atom. The van der Waals surface area contributed by atoms with Gasteiger partial charge in [0.15, 0.2) is 18.1 Å². The number of hydrogen-bond acceptors (Lipinski definition) is 6. The van der Waals surface area contributed by atoms with Crippen LogP contribution in [0.4, 0.5) is 0 Å². The molecule has 3 N–H and O–H groups in total. The van der Waals surface area contributed by atoms with Gasteiger partial charge in [0.05, 0.1) is 18.5 Å². The van der Waals surface area contributed by atoms with Crippen molar-refractivity contribution in [2.24, 2.45) is 0 Å². The van der Waals surface area contributed by atoms with Gasteiger partial charge in [-0.05, 0) is 43.7 Å². The topological polar surface area (TPSA) is 106 Å². The highest BCUT2D eigenvalue weighted by molar-refractivity contribution is 7.13. The Balaban J connectivity index is 1.82. The van der Waals surface area contributed by atoms with Crippen molar-refractivity contribution in [1.82, 2.24) is 16.0 Å². The minimum atomic E-state index is -0.304. The molecular formula is C20H25N3O5S. The summed E-state index contributed by atoms with van der Waals surface area (Å²) >= 11 is 1.38. The number of likely N-dealkylation sites (N-methyl/N-ethyl adjacent to an activating group) is 1. The SMILES string of the molecule is CCNC(=O)COc1ccc(CNC(=O)CNC(=O)c2ccc(C)s2)cc1OC. The minimum Gasteiger partial charge on any atom is -0.493 e. The normalized spacial score (nSPS) is 10.2. The number of benzene rings is 1. The molecule has 1 aromatic carbocycles. The van der Waals surface area contributed by atoms with Crippen LogP contribution in [0.25, 0.3) is 0 Å². The molecule has 29 heavy (non-hydrogen) atoms. The van der Waals surface area contributed by atoms with Gasteiger partial charge in [-0.15, -0.1) is 11.3 Å². The summed E-state index contributed by atoms with van der Waals surface area (Å²) < 4.78 is 10.8. The van der Waals surface area contributed by atoms with Crippen LogP contribution in [0.5, 0.6) is 11.5 Å². The standard InChI is InChI=1S/C20H25N3O5S/c1-4-21-19(25)12-28-15-7-6-14(9-16(15)27-3)10-22-18(24)11-23-20(26)17-8-5-13(2)29-17/h5-9H,4,10-12H2,1-3H3,(H,21,25)(H,22,24)(H,23,26). The first-order valence-corrected chi connectivity index (χ1v) is 9.92. The number of rotatable bonds is 10. The molecule has 1 heterocycles. The van der Waals surface area contributed by atoms with Gasteiger partial charge in [0.1, 0.15) is 0 Å². The number of ether oxygens (including phenoxy) is 2. The van der Waals surface area contributed by atoms with E-state index in [9.17, 15) is 14.4 Å². The van der Waals surface area contributed by atoms with Crippen LogP contribution in [0.1, 0.15) is 27.0 Å². The van der Waals surface area contributed by atoms with Gasteiger partial charge in [-0.1, -0.05) is 6.07 Å². The lowest BCUT2D eigenvalue weighted by Gasteiger charge is -2.12. The van der Waals surface area contributed by atoms with Gasteiger partial charge in [-0.3, -0.25) is 14.4 Å². The van der Waals surface area contributed by atoms with Crippen molar-refractivity contribution in [3.05, 3.63) is 45.6 Å². The van der Waals surface area contributed by atoms with E-state index in [-0.39, 0.29) is 37.4 Å². The van der Waals surface area contributed by atoms with E-state index in [1.54, 1.807) is 24.3 Å². The molecule has 0 aliphatic carbocycles. The zero-order valence-electron chi connectivity index (χ0n) is 16.7. The average molecular weight is 420 g/mol. The lowest BCUT2D eigenvalue weighted by molar-refractivity contribution is -0.123. The molecule has 0 bridgehead atoms. The fourth-order valence-electron chi connectivity index (χ4n) is 2.40. The molecule has 9 heteroatoms. The molecular weight excluding hydrogens is 394 g/mol. The summed E-state index contributed by atoms with van der Waals surface area (Å²) in [5.41, 5.74) is 0.792. The van der Waals surface area contributed by atoms with E-state index in [0.717, 1.165) is 10.4 Å². The Kier molecular flexibility index (Phi) is 8.47. The van der Waals surface area contributed by atoms with Crippen LogP contribution < -0.4 is 25.4 Å². The minimum absolute atomic E-state index is 0.107. The molecule has 0 fully saturated rings. The van der Waals surface area contributed by atoms with Crippen LogP contribution in [-0.4, -0.2) is 44.5 Å². The molecule has 0 saturated heterocycles. The lowest BCUT2D eigenvalue weighted by atomic mass is 10.2. The number of carbonyl (C=O) groups is 3. The highest BCUT2D eigenvalue weighted by Crippen LogP contribution is 2.28. The average Bonchev–Trinajstić information content (AvgIpc) is 3.15. The van der Waals surface area contributed by atoms with E-state index in [2.05, 4.69) is 16.0 Å². The Morgan fingerprint density at radius 2 is 1.79 bits per heavy atom. The first-order chi connectivity index (χ1) is 13.9. The molecule has 0 radical (unpaired) electrons. The highest BCUT2D eigenvalue weighted by Gasteiger charge is 2.11. The van der Waals surface area contributed by atoms with Gasteiger partial charge < -0.3 is 25.4 Å². The Hall–Kier alpha value is -3.07. The van der Waals surface area contributed by atoms with Crippen LogP contribution in [0.15, 0.2) is 30.3 Å². The van der Waals surface area contributed by atoms with Gasteiger partial charge in [-0.2, -0.15) is 0 Å². The summed E-state index contributed by atoms with van der Waals surface area (Å²) in [4.78, 5) is 37.1. The van der Waals surface area contributed by atoms with Crippen LogP contribution in [-0.2, 0) is 16.1 Å². The quantitative estimate of drug-likeness (QED) is 0.543. The van der Waals surface area contributed by atoms with Crippen LogP contribution in [0.2, 0.25) is 0 Å². The molecule has 0 atom stereocenters. The Bertz CT molecular complexity index is 866. The maximum Gasteiger partial charge on any atom is 0.261 e. The zero-order chi connectivity index (χ0) is 21.2. The van der Waals surface area contributed by atoms with Gasteiger partial charge >= 0.3 is 0 Å². The predicted molar refractivity (Wildman–Crippen MR) is 110 cm³/mol. The molecule has 156 valence electrons. The van der Waals surface area contributed by atoms with Crippen molar-refractivity contribution in [3.8, 4) is 11.5 Å². The summed E-state index contributed by atoms with van der Waals surface area (Å²) in [5.74, 6) is 0.107. The van der Waals surface area contributed by atoms with Gasteiger partial charge in [0.25, 0.3) is 11.8 Å². The number of amides is 3. The van der Waals surface area contributed by atoms with E-state index >= 15 is 0 Å². The van der Waals surface area contributed by atoms with E-state index in [4.69, 9.17) is 9.47 Å². The largest absolute Gasteiger partial charge is 0.493 e. The second-order valence-corrected chi connectivity index (χ2v) is 7.38. The van der Waals surface area contributed by atoms with Gasteiger partial charge in [-0.25, -0.2) is 0 Å². The molecule has 1 aromatic heterocycles. The summed E-state index contributed by atoms with van der Waals surface area (Å²) in [7, 11) is 1.50. The fourth-order valence-corrected chi connectivity index (χ4v) is 3.18. The van der Waals surface area contributed by atoms with E-state index < -0.39 is 0 Å². The van der Waals surface area contributed by atoms with Crippen molar-refractivity contribution in [3.63, 3.8) is 0 Å². The van der Waals surface area contributed by atoms with Gasteiger partial charge in [0, 0.05) is 18.0 Å². The van der Waals surface area contributed by atoms with Crippen molar-refractivity contribution >= 4 is 29.1 Å². The van der Waals surface area contributed by atoms with Crippen molar-refractivity contribution in [2.75, 3.05) is 26.8 Å². The van der Waals surface area contributed by atoms with Crippen LogP contribution in [0, 0.1) is 6.92 Å². The molecule has 2 aromatic rings. The van der Waals surface area contributed by atoms with Crippen molar-refractivity contribution in [1.29, 1.82) is 0 Å². The van der Waals surface area contributed by atoms with E-state index in [0.29, 0.717) is 22.9 Å². The molecule has 0 saturated carbocycles. The smallest absolute Gasteiger partial charge is 0.261 e. The first-order valence-electron chi connectivity index (χ1n) is 9.10. The lowest BCUT2D eigenvalue weighted by Crippen LogP contribution is -2.36. The predicted octanol–water partition coefficient (Wildman–Crippen LogP) is 1.63. The second-order valence-electron chi connectivity index (χ2n) is 6.10. The van der Waals surface area contributed by atoms with Gasteiger partial charge in [0.2, 0.25) is 5.91 Å². The Morgan fingerprint density at radius 3 is 2.45 bits per heavy atom. The zero-order valence-corrected chi connectivity index (χ0v) is 17.5. The molecule has 3 amide bonds. The summed E-state index contributed by atoms with van der Waals surface area (Å²) in [6.07, 6.45) is 0. The first kappa shape index (κ1) is 22.2. The molecule has 0 aliphatic rings.